The average Bonchev–Trinajstić information content (AvgIpc) is 3.24. The molecular formula is C24H18F3N5O3S. The molecule has 1 unspecified atom stereocenters. The zero-order valence-corrected chi connectivity index (χ0v) is 19.6. The maximum absolute atomic E-state index is 13.2. The Bertz CT molecular complexity index is 1710. The van der Waals surface area contributed by atoms with E-state index in [1.54, 1.807) is 12.1 Å². The number of aromatic nitrogens is 5. The Balaban J connectivity index is 1.81. The van der Waals surface area contributed by atoms with Crippen LogP contribution in [0, 0.1) is 0 Å². The molecule has 0 fully saturated rings. The largest absolute Gasteiger partial charge is 0.608 e. The summed E-state index contributed by atoms with van der Waals surface area (Å²) in [6.45, 7) is 0.160. The SMILES string of the molecule is Cn1c(=O)c2c(-c3ccncc3)n(Cc3cccc4ccccc34)nc2n(C[S+]([O-])C(F)(F)F)c1=O. The van der Waals surface area contributed by atoms with Gasteiger partial charge < -0.3 is 4.55 Å². The van der Waals surface area contributed by atoms with Crippen molar-refractivity contribution >= 4 is 33.0 Å². The monoisotopic (exact) mass is 513 g/mol. The van der Waals surface area contributed by atoms with Gasteiger partial charge >= 0.3 is 11.2 Å². The molecule has 2 aromatic carbocycles. The Morgan fingerprint density at radius 3 is 2.42 bits per heavy atom. The second-order valence-electron chi connectivity index (χ2n) is 8.07. The van der Waals surface area contributed by atoms with Crippen molar-refractivity contribution in [1.82, 2.24) is 23.9 Å². The van der Waals surface area contributed by atoms with Crippen molar-refractivity contribution in [1.29, 1.82) is 0 Å². The molecule has 12 heteroatoms. The van der Waals surface area contributed by atoms with Crippen molar-refractivity contribution in [3.8, 4) is 11.3 Å². The van der Waals surface area contributed by atoms with Gasteiger partial charge in [-0.05, 0) is 28.5 Å². The fourth-order valence-electron chi connectivity index (χ4n) is 4.18. The van der Waals surface area contributed by atoms with Crippen LogP contribution in [0.1, 0.15) is 5.56 Å². The fraction of sp³-hybridized carbons (Fsp3) is 0.167. The summed E-state index contributed by atoms with van der Waals surface area (Å²) >= 11 is -3.38. The summed E-state index contributed by atoms with van der Waals surface area (Å²) in [5.41, 5.74) is -5.38. The molecule has 184 valence electrons. The number of nitrogens with zero attached hydrogens (tertiary/aromatic N) is 5. The highest BCUT2D eigenvalue weighted by Crippen LogP contribution is 2.30. The Hall–Kier alpha value is -3.90. The summed E-state index contributed by atoms with van der Waals surface area (Å²) in [5.74, 6) is -1.19. The van der Waals surface area contributed by atoms with Gasteiger partial charge in [-0.2, -0.15) is 5.10 Å². The predicted molar refractivity (Wildman–Crippen MR) is 130 cm³/mol. The summed E-state index contributed by atoms with van der Waals surface area (Å²) < 4.78 is 54.1. The van der Waals surface area contributed by atoms with E-state index in [1.165, 1.54) is 17.1 Å². The second kappa shape index (κ2) is 8.95. The molecule has 36 heavy (non-hydrogen) atoms. The number of fused-ring (bicyclic) bond motifs is 2. The summed E-state index contributed by atoms with van der Waals surface area (Å²) in [6.07, 6.45) is 3.02. The second-order valence-corrected chi connectivity index (χ2v) is 9.49. The molecular weight excluding hydrogens is 495 g/mol. The molecule has 0 aliphatic rings. The lowest BCUT2D eigenvalue weighted by molar-refractivity contribution is -0.0441. The average molecular weight is 514 g/mol. The number of hydrogen-bond donors (Lipinski definition) is 0. The fourth-order valence-corrected chi connectivity index (χ4v) is 4.79. The molecule has 0 radical (unpaired) electrons. The normalized spacial score (nSPS) is 12.9. The van der Waals surface area contributed by atoms with E-state index in [0.717, 1.165) is 23.4 Å². The van der Waals surface area contributed by atoms with E-state index in [9.17, 15) is 27.3 Å². The van der Waals surface area contributed by atoms with Crippen LogP contribution in [-0.4, -0.2) is 34.0 Å². The Kier molecular flexibility index (Phi) is 5.92. The van der Waals surface area contributed by atoms with E-state index in [-0.39, 0.29) is 17.6 Å². The number of hydrogen-bond acceptors (Lipinski definition) is 5. The molecule has 5 aromatic rings. The van der Waals surface area contributed by atoms with Crippen molar-refractivity contribution < 1.29 is 17.7 Å². The Morgan fingerprint density at radius 2 is 1.69 bits per heavy atom. The lowest BCUT2D eigenvalue weighted by Gasteiger charge is -2.14. The van der Waals surface area contributed by atoms with Crippen LogP contribution in [0.15, 0.2) is 76.6 Å². The minimum Gasteiger partial charge on any atom is -0.608 e. The molecule has 0 N–H and O–H groups in total. The summed E-state index contributed by atoms with van der Waals surface area (Å²) in [6, 6.07) is 16.6. The topological polar surface area (TPSA) is 97.8 Å². The van der Waals surface area contributed by atoms with Gasteiger partial charge in [0.2, 0.25) is 0 Å². The molecule has 3 heterocycles. The summed E-state index contributed by atoms with van der Waals surface area (Å²) in [7, 11) is 1.16. The molecule has 3 aromatic heterocycles. The smallest absolute Gasteiger partial charge is 0.574 e. The first-order valence-electron chi connectivity index (χ1n) is 10.7. The molecule has 0 aliphatic heterocycles. The van der Waals surface area contributed by atoms with Crippen LogP contribution in [0.4, 0.5) is 13.2 Å². The van der Waals surface area contributed by atoms with E-state index in [4.69, 9.17) is 0 Å². The lowest BCUT2D eigenvalue weighted by Crippen LogP contribution is -2.41. The van der Waals surface area contributed by atoms with Crippen LogP contribution in [0.3, 0.4) is 0 Å². The number of pyridine rings is 1. The Labute approximate surface area is 204 Å². The standard InChI is InChI=1S/C24H18F3N5O3S/c1-30-22(33)19-20(16-9-11-28-12-10-16)32(13-17-7-4-6-15-5-2-3-8-18(15)17)29-21(19)31(23(30)34)14-36(35)24(25,26)27/h2-12H,13-14H2,1H3. The number of rotatable bonds is 5. The highest BCUT2D eigenvalue weighted by atomic mass is 32.2. The van der Waals surface area contributed by atoms with Crippen molar-refractivity contribution in [2.75, 3.05) is 0 Å². The van der Waals surface area contributed by atoms with Crippen molar-refractivity contribution in [2.24, 2.45) is 7.05 Å². The quantitative estimate of drug-likeness (QED) is 0.336. The first-order chi connectivity index (χ1) is 17.2. The van der Waals surface area contributed by atoms with Gasteiger partial charge in [-0.1, -0.05) is 42.5 Å². The number of alkyl halides is 3. The van der Waals surface area contributed by atoms with Gasteiger partial charge in [-0.3, -0.25) is 19.0 Å². The molecule has 0 spiro atoms. The minimum atomic E-state index is -5.04. The van der Waals surface area contributed by atoms with Crippen LogP contribution in [0.2, 0.25) is 0 Å². The van der Waals surface area contributed by atoms with E-state index in [2.05, 4.69) is 10.1 Å². The van der Waals surface area contributed by atoms with Gasteiger partial charge in [0.1, 0.15) is 5.39 Å². The maximum atomic E-state index is 13.2. The van der Waals surface area contributed by atoms with E-state index in [0.29, 0.717) is 20.4 Å². The molecule has 0 amide bonds. The van der Waals surface area contributed by atoms with Crippen LogP contribution in [0.25, 0.3) is 33.1 Å². The zero-order chi connectivity index (χ0) is 25.6. The molecule has 0 bridgehead atoms. The molecule has 0 saturated heterocycles. The van der Waals surface area contributed by atoms with Gasteiger partial charge in [0.25, 0.3) is 5.56 Å². The zero-order valence-electron chi connectivity index (χ0n) is 18.8. The van der Waals surface area contributed by atoms with Crippen molar-refractivity contribution in [3.05, 3.63) is 93.4 Å². The first kappa shape index (κ1) is 23.8. The van der Waals surface area contributed by atoms with Crippen molar-refractivity contribution in [3.63, 3.8) is 0 Å². The van der Waals surface area contributed by atoms with Crippen LogP contribution in [0.5, 0.6) is 0 Å². The molecule has 0 saturated carbocycles. The van der Waals surface area contributed by atoms with E-state index >= 15 is 0 Å². The highest BCUT2D eigenvalue weighted by molar-refractivity contribution is 7.91. The van der Waals surface area contributed by atoms with E-state index in [1.807, 2.05) is 42.5 Å². The molecule has 0 aliphatic carbocycles. The van der Waals surface area contributed by atoms with Crippen molar-refractivity contribution in [2.45, 2.75) is 17.9 Å². The van der Waals surface area contributed by atoms with Gasteiger partial charge in [-0.25, -0.2) is 9.36 Å². The summed E-state index contributed by atoms with van der Waals surface area (Å²) in [4.78, 5) is 30.1. The number of halogens is 3. The van der Waals surface area contributed by atoms with Gasteiger partial charge in [0.05, 0.1) is 23.4 Å². The maximum Gasteiger partial charge on any atom is 0.574 e. The van der Waals surface area contributed by atoms with Crippen LogP contribution < -0.4 is 11.2 Å². The van der Waals surface area contributed by atoms with Crippen LogP contribution >= 0.6 is 0 Å². The third kappa shape index (κ3) is 4.07. The van der Waals surface area contributed by atoms with E-state index < -0.39 is 33.8 Å². The molecule has 5 rings (SSSR count). The number of benzene rings is 2. The van der Waals surface area contributed by atoms with Gasteiger partial charge in [0.15, 0.2) is 11.5 Å². The molecule has 8 nitrogen and oxygen atoms in total. The Morgan fingerprint density at radius 1 is 1.00 bits per heavy atom. The third-order valence-electron chi connectivity index (χ3n) is 5.88. The minimum absolute atomic E-state index is 0.0530. The molecule has 1 atom stereocenters. The van der Waals surface area contributed by atoms with Gasteiger partial charge in [-0.15, -0.1) is 13.2 Å². The third-order valence-corrected chi connectivity index (χ3v) is 6.89. The van der Waals surface area contributed by atoms with Gasteiger partial charge in [0, 0.05) is 25.0 Å². The highest BCUT2D eigenvalue weighted by Gasteiger charge is 2.45. The van der Waals surface area contributed by atoms with Crippen LogP contribution in [-0.2, 0) is 30.6 Å². The summed E-state index contributed by atoms with van der Waals surface area (Å²) in [5, 5.41) is 6.29. The predicted octanol–water partition coefficient (Wildman–Crippen LogP) is 3.39. The first-order valence-corrected chi connectivity index (χ1v) is 12.0. The lowest BCUT2D eigenvalue weighted by atomic mass is 10.0.